The van der Waals surface area contributed by atoms with Crippen LogP contribution in [0.1, 0.15) is 63.0 Å². The van der Waals surface area contributed by atoms with Gasteiger partial charge in [0.15, 0.2) is 8.68 Å². The molecule has 5 nitrogen and oxygen atoms in total. The predicted molar refractivity (Wildman–Crippen MR) is 125 cm³/mol. The number of hydrogen-bond acceptors (Lipinski definition) is 7. The van der Waals surface area contributed by atoms with E-state index in [1.807, 2.05) is 0 Å². The largest absolute Gasteiger partial charge is 0.326 e. The maximum atomic E-state index is 12.7. The van der Waals surface area contributed by atoms with E-state index in [0.29, 0.717) is 5.92 Å². The Bertz CT molecular complexity index is 883. The summed E-state index contributed by atoms with van der Waals surface area (Å²) in [5, 5.41) is 18.1. The molecule has 160 valence electrons. The second-order valence-electron chi connectivity index (χ2n) is 7.96. The summed E-state index contributed by atoms with van der Waals surface area (Å²) in [5.74, 6) is 1.66. The summed E-state index contributed by atoms with van der Waals surface area (Å²) >= 11 is 4.60. The Morgan fingerprint density at radius 1 is 1.17 bits per heavy atom. The van der Waals surface area contributed by atoms with Gasteiger partial charge in [0.05, 0.1) is 11.8 Å². The molecule has 30 heavy (non-hydrogen) atoms. The molecule has 1 aliphatic rings. The van der Waals surface area contributed by atoms with Gasteiger partial charge in [0.2, 0.25) is 5.91 Å². The van der Waals surface area contributed by atoms with Crippen LogP contribution in [0.5, 0.6) is 0 Å². The van der Waals surface area contributed by atoms with E-state index in [0.717, 1.165) is 46.5 Å². The van der Waals surface area contributed by atoms with Gasteiger partial charge in [-0.15, -0.1) is 10.2 Å². The number of amides is 1. The molecule has 0 N–H and O–H groups in total. The third kappa shape index (κ3) is 5.77. The van der Waals surface area contributed by atoms with E-state index in [-0.39, 0.29) is 11.7 Å². The topological polar surface area (TPSA) is 69.9 Å². The first-order chi connectivity index (χ1) is 14.4. The Hall–Kier alpha value is -1.56. The van der Waals surface area contributed by atoms with Crippen LogP contribution in [0.15, 0.2) is 32.9 Å². The lowest BCUT2D eigenvalue weighted by molar-refractivity contribution is -0.131. The molecule has 0 bridgehead atoms. The van der Waals surface area contributed by atoms with Gasteiger partial charge in [-0.05, 0) is 29.9 Å². The Labute approximate surface area is 191 Å². The highest BCUT2D eigenvalue weighted by molar-refractivity contribution is 8.03. The smallest absolute Gasteiger partial charge is 0.234 e. The monoisotopic (exact) mass is 460 g/mol. The van der Waals surface area contributed by atoms with Gasteiger partial charge in [-0.25, -0.2) is 0 Å². The van der Waals surface area contributed by atoms with E-state index in [2.05, 4.69) is 54.4 Å². The fraction of sp³-hybridized carbons (Fsp3) is 0.545. The number of aromatic nitrogens is 2. The van der Waals surface area contributed by atoms with Crippen molar-refractivity contribution < 1.29 is 4.79 Å². The first kappa shape index (κ1) is 23.1. The highest BCUT2D eigenvalue weighted by atomic mass is 32.2. The molecular weight excluding hydrogens is 432 g/mol. The van der Waals surface area contributed by atoms with E-state index in [1.54, 1.807) is 23.7 Å². The molecule has 0 spiro atoms. The summed E-state index contributed by atoms with van der Waals surface area (Å²) in [5.41, 5.74) is 1.97. The van der Waals surface area contributed by atoms with Gasteiger partial charge in [-0.3, -0.25) is 4.79 Å². The Kier molecular flexibility index (Phi) is 8.20. The third-order valence-corrected chi connectivity index (χ3v) is 8.87. The molecule has 0 unspecified atom stereocenters. The highest BCUT2D eigenvalue weighted by Crippen LogP contribution is 2.34. The van der Waals surface area contributed by atoms with Crippen LogP contribution in [0.25, 0.3) is 0 Å². The van der Waals surface area contributed by atoms with E-state index < -0.39 is 5.54 Å². The number of hydrogen-bond donors (Lipinski definition) is 0. The molecule has 0 aliphatic heterocycles. The average Bonchev–Trinajstić information content (AvgIpc) is 3.24. The Morgan fingerprint density at radius 2 is 1.80 bits per heavy atom. The van der Waals surface area contributed by atoms with Crippen LogP contribution >= 0.6 is 34.9 Å². The van der Waals surface area contributed by atoms with Crippen molar-refractivity contribution in [3.8, 4) is 6.07 Å². The van der Waals surface area contributed by atoms with Crippen LogP contribution in [0.3, 0.4) is 0 Å². The van der Waals surface area contributed by atoms with Gasteiger partial charge in [0.1, 0.15) is 5.54 Å². The summed E-state index contributed by atoms with van der Waals surface area (Å²) in [7, 11) is 1.77. The van der Waals surface area contributed by atoms with Crippen LogP contribution in [0, 0.1) is 11.3 Å². The molecule has 1 fully saturated rings. The molecule has 0 radical (unpaired) electrons. The van der Waals surface area contributed by atoms with Crippen molar-refractivity contribution in [2.24, 2.45) is 0 Å². The summed E-state index contributed by atoms with van der Waals surface area (Å²) in [6.07, 6.45) is 4.71. The molecule has 0 atom stereocenters. The molecule has 0 saturated heterocycles. The number of thioether (sulfide) groups is 2. The summed E-state index contributed by atoms with van der Waals surface area (Å²) < 4.78 is 1.70. The Balaban J connectivity index is 1.49. The second-order valence-corrected chi connectivity index (χ2v) is 11.4. The summed E-state index contributed by atoms with van der Waals surface area (Å²) in [6, 6.07) is 11.1. The lowest BCUT2D eigenvalue weighted by atomic mass is 9.81. The molecule has 1 aliphatic carbocycles. The summed E-state index contributed by atoms with van der Waals surface area (Å²) in [4.78, 5) is 14.3. The zero-order valence-electron chi connectivity index (χ0n) is 17.8. The maximum Gasteiger partial charge on any atom is 0.234 e. The molecule has 2 aromatic rings. The number of carbonyl (C=O) groups excluding carboxylic acids is 1. The number of nitrogens with zero attached hydrogens (tertiary/aromatic N) is 4. The summed E-state index contributed by atoms with van der Waals surface area (Å²) in [6.45, 7) is 4.39. The fourth-order valence-corrected chi connectivity index (χ4v) is 6.47. The molecule has 1 heterocycles. The van der Waals surface area contributed by atoms with Gasteiger partial charge < -0.3 is 4.90 Å². The standard InChI is InChI=1S/C22H28N4OS3/c1-16(2)18-9-7-17(8-10-18)13-28-20-24-25-21(30-20)29-14-19(27)26(3)22(15-23)11-5-4-6-12-22/h7-10,16H,4-6,11-14H2,1-3H3. The van der Waals surface area contributed by atoms with Crippen molar-refractivity contribution in [1.82, 2.24) is 15.1 Å². The van der Waals surface area contributed by atoms with Crippen LogP contribution in [-0.4, -0.2) is 39.3 Å². The first-order valence-electron chi connectivity index (χ1n) is 10.3. The van der Waals surface area contributed by atoms with Crippen molar-refractivity contribution in [3.05, 3.63) is 35.4 Å². The molecular formula is C22H28N4OS3. The molecule has 1 aromatic heterocycles. The van der Waals surface area contributed by atoms with Gasteiger partial charge >= 0.3 is 0 Å². The fourth-order valence-electron chi connectivity index (χ4n) is 3.58. The maximum absolute atomic E-state index is 12.7. The van der Waals surface area contributed by atoms with Crippen molar-refractivity contribution in [1.29, 1.82) is 5.26 Å². The van der Waals surface area contributed by atoms with Crippen molar-refractivity contribution in [3.63, 3.8) is 0 Å². The minimum Gasteiger partial charge on any atom is -0.326 e. The van der Waals surface area contributed by atoms with Crippen LogP contribution < -0.4 is 0 Å². The number of carbonyl (C=O) groups is 1. The van der Waals surface area contributed by atoms with Gasteiger partial charge in [-0.2, -0.15) is 5.26 Å². The quantitative estimate of drug-likeness (QED) is 0.469. The predicted octanol–water partition coefficient (Wildman–Crippen LogP) is 5.73. The van der Waals surface area contributed by atoms with Crippen LogP contribution in [0.2, 0.25) is 0 Å². The normalized spacial score (nSPS) is 15.7. The zero-order chi connectivity index (χ0) is 21.6. The molecule has 1 aromatic carbocycles. The van der Waals surface area contributed by atoms with Gasteiger partial charge in [0.25, 0.3) is 0 Å². The van der Waals surface area contributed by atoms with Crippen LogP contribution in [-0.2, 0) is 10.5 Å². The molecule has 3 rings (SSSR count). The second kappa shape index (κ2) is 10.7. The Morgan fingerprint density at radius 3 is 2.40 bits per heavy atom. The minimum atomic E-state index is -0.636. The van der Waals surface area contributed by atoms with Gasteiger partial charge in [0, 0.05) is 12.8 Å². The lowest BCUT2D eigenvalue weighted by Gasteiger charge is -2.38. The molecule has 1 saturated carbocycles. The number of benzene rings is 1. The van der Waals surface area contributed by atoms with E-state index in [4.69, 9.17) is 0 Å². The average molecular weight is 461 g/mol. The first-order valence-corrected chi connectivity index (χ1v) is 13.1. The number of rotatable bonds is 8. The van der Waals surface area contributed by atoms with Gasteiger partial charge in [-0.1, -0.05) is 92.2 Å². The minimum absolute atomic E-state index is 0.0157. The SMILES string of the molecule is CC(C)c1ccc(CSc2nnc(SCC(=O)N(C)C3(C#N)CCCCC3)s2)cc1. The number of nitriles is 1. The van der Waals surface area contributed by atoms with E-state index >= 15 is 0 Å². The van der Waals surface area contributed by atoms with Crippen molar-refractivity contribution >= 4 is 40.8 Å². The van der Waals surface area contributed by atoms with E-state index in [9.17, 15) is 10.1 Å². The van der Waals surface area contributed by atoms with Crippen molar-refractivity contribution in [2.75, 3.05) is 12.8 Å². The molecule has 1 amide bonds. The zero-order valence-corrected chi connectivity index (χ0v) is 20.2. The van der Waals surface area contributed by atoms with Crippen molar-refractivity contribution in [2.45, 2.75) is 71.8 Å². The molecule has 8 heteroatoms. The van der Waals surface area contributed by atoms with Crippen LogP contribution in [0.4, 0.5) is 0 Å². The third-order valence-electron chi connectivity index (χ3n) is 5.62. The van der Waals surface area contributed by atoms with E-state index in [1.165, 1.54) is 34.2 Å². The lowest BCUT2D eigenvalue weighted by Crippen LogP contribution is -2.50. The highest BCUT2D eigenvalue weighted by Gasteiger charge is 2.38.